The van der Waals surface area contributed by atoms with Crippen LogP contribution < -0.4 is 16.4 Å². The van der Waals surface area contributed by atoms with Gasteiger partial charge in [0.15, 0.2) is 0 Å². The van der Waals surface area contributed by atoms with Gasteiger partial charge in [-0.15, -0.1) is 0 Å². The van der Waals surface area contributed by atoms with E-state index in [2.05, 4.69) is 29.5 Å². The van der Waals surface area contributed by atoms with Crippen LogP contribution in [-0.4, -0.2) is 34.3 Å². The van der Waals surface area contributed by atoms with Crippen LogP contribution in [0.3, 0.4) is 0 Å². The van der Waals surface area contributed by atoms with Crippen molar-refractivity contribution in [3.05, 3.63) is 53.2 Å². The predicted molar refractivity (Wildman–Crippen MR) is 108 cm³/mol. The molecule has 142 valence electrons. The molecular formula is C20H26N6O. The molecule has 1 aliphatic heterocycles. The lowest BCUT2D eigenvalue weighted by molar-refractivity contribution is 0.249. The lowest BCUT2D eigenvalue weighted by Gasteiger charge is -2.34. The normalized spacial score (nSPS) is 14.7. The Labute approximate surface area is 159 Å². The summed E-state index contributed by atoms with van der Waals surface area (Å²) in [5, 5.41) is 14.1. The summed E-state index contributed by atoms with van der Waals surface area (Å²) >= 11 is 0. The molecule has 0 aliphatic carbocycles. The molecule has 0 saturated carbocycles. The first-order valence-corrected chi connectivity index (χ1v) is 9.14. The molecule has 1 aromatic carbocycles. The molecule has 2 aromatic rings. The van der Waals surface area contributed by atoms with Crippen LogP contribution in [0.1, 0.15) is 43.6 Å². The van der Waals surface area contributed by atoms with Gasteiger partial charge in [-0.25, -0.2) is 9.78 Å². The number of amidine groups is 1. The summed E-state index contributed by atoms with van der Waals surface area (Å²) in [5.74, 6) is 0.791. The van der Waals surface area contributed by atoms with Crippen LogP contribution in [0.5, 0.6) is 0 Å². The minimum Gasteiger partial charge on any atom is -0.398 e. The predicted octanol–water partition coefficient (Wildman–Crippen LogP) is 3.14. The number of carbonyl (C=O) groups excluding carboxylic acids is 1. The molecule has 3 rings (SSSR count). The average molecular weight is 366 g/mol. The fourth-order valence-electron chi connectivity index (χ4n) is 3.31. The highest BCUT2D eigenvalue weighted by atomic mass is 16.2. The van der Waals surface area contributed by atoms with Gasteiger partial charge in [0.2, 0.25) is 0 Å². The summed E-state index contributed by atoms with van der Waals surface area (Å²) in [6.07, 6.45) is 0.692. The first kappa shape index (κ1) is 18.7. The molecule has 0 radical (unpaired) electrons. The number of nitrogens with zero attached hydrogens (tertiary/aromatic N) is 2. The SMILES string of the molecule is CC(NC(=O)Nc1cc(N)c2c(n1)CCN(C(C)C)C2=N)c1ccccc1. The number of aromatic nitrogens is 1. The van der Waals surface area contributed by atoms with E-state index in [1.807, 2.05) is 42.2 Å². The second kappa shape index (κ2) is 7.65. The van der Waals surface area contributed by atoms with Gasteiger partial charge in [0.05, 0.1) is 17.3 Å². The number of nitrogen functional groups attached to an aromatic ring is 1. The Morgan fingerprint density at radius 3 is 2.63 bits per heavy atom. The molecule has 0 spiro atoms. The van der Waals surface area contributed by atoms with E-state index in [-0.39, 0.29) is 18.1 Å². The van der Waals surface area contributed by atoms with Gasteiger partial charge in [-0.05, 0) is 26.3 Å². The van der Waals surface area contributed by atoms with E-state index >= 15 is 0 Å². The Kier molecular flexibility index (Phi) is 5.30. The zero-order valence-corrected chi connectivity index (χ0v) is 15.9. The minimum absolute atomic E-state index is 0.131. The number of amides is 2. The van der Waals surface area contributed by atoms with E-state index in [9.17, 15) is 4.79 Å². The molecule has 2 heterocycles. The highest BCUT2D eigenvalue weighted by Gasteiger charge is 2.27. The molecule has 27 heavy (non-hydrogen) atoms. The van der Waals surface area contributed by atoms with Crippen LogP contribution in [0.2, 0.25) is 0 Å². The van der Waals surface area contributed by atoms with Gasteiger partial charge in [-0.2, -0.15) is 0 Å². The van der Waals surface area contributed by atoms with Crippen molar-refractivity contribution in [3.8, 4) is 0 Å². The second-order valence-corrected chi connectivity index (χ2v) is 7.03. The van der Waals surface area contributed by atoms with Crippen LogP contribution in [-0.2, 0) is 6.42 Å². The van der Waals surface area contributed by atoms with Gasteiger partial charge < -0.3 is 16.0 Å². The third-order valence-corrected chi connectivity index (χ3v) is 4.75. The summed E-state index contributed by atoms with van der Waals surface area (Å²) in [5.41, 5.74) is 9.08. The number of anilines is 2. The van der Waals surface area contributed by atoms with Crippen molar-refractivity contribution in [2.45, 2.75) is 39.3 Å². The van der Waals surface area contributed by atoms with E-state index in [0.717, 1.165) is 17.8 Å². The van der Waals surface area contributed by atoms with Gasteiger partial charge >= 0.3 is 6.03 Å². The number of benzene rings is 1. The monoisotopic (exact) mass is 366 g/mol. The fourth-order valence-corrected chi connectivity index (χ4v) is 3.31. The molecule has 7 nitrogen and oxygen atoms in total. The molecule has 0 bridgehead atoms. The molecule has 0 saturated heterocycles. The lowest BCUT2D eigenvalue weighted by atomic mass is 10.0. The van der Waals surface area contributed by atoms with Crippen molar-refractivity contribution in [1.29, 1.82) is 5.41 Å². The molecule has 1 unspecified atom stereocenters. The van der Waals surface area contributed by atoms with Gasteiger partial charge in [-0.3, -0.25) is 10.7 Å². The van der Waals surface area contributed by atoms with Crippen LogP contribution in [0.25, 0.3) is 0 Å². The van der Waals surface area contributed by atoms with Crippen LogP contribution in [0.15, 0.2) is 36.4 Å². The topological polar surface area (TPSA) is 107 Å². The van der Waals surface area contributed by atoms with Crippen molar-refractivity contribution in [3.63, 3.8) is 0 Å². The number of nitrogens with one attached hydrogen (secondary N) is 3. The van der Waals surface area contributed by atoms with Crippen LogP contribution >= 0.6 is 0 Å². The molecule has 7 heteroatoms. The number of hydrogen-bond donors (Lipinski definition) is 4. The molecule has 1 aromatic heterocycles. The Morgan fingerprint density at radius 2 is 1.96 bits per heavy atom. The van der Waals surface area contributed by atoms with Gasteiger partial charge in [0.25, 0.3) is 0 Å². The molecule has 2 amide bonds. The zero-order chi connectivity index (χ0) is 19.6. The van der Waals surface area contributed by atoms with Crippen molar-refractivity contribution in [1.82, 2.24) is 15.2 Å². The summed E-state index contributed by atoms with van der Waals surface area (Å²) < 4.78 is 0. The number of pyridine rings is 1. The molecule has 1 aliphatic rings. The van der Waals surface area contributed by atoms with E-state index in [0.29, 0.717) is 29.3 Å². The maximum absolute atomic E-state index is 12.3. The largest absolute Gasteiger partial charge is 0.398 e. The van der Waals surface area contributed by atoms with Gasteiger partial charge in [0.1, 0.15) is 11.7 Å². The number of carbonyl (C=O) groups is 1. The van der Waals surface area contributed by atoms with Crippen LogP contribution in [0.4, 0.5) is 16.3 Å². The summed E-state index contributed by atoms with van der Waals surface area (Å²) in [4.78, 5) is 18.8. The summed E-state index contributed by atoms with van der Waals surface area (Å²) in [6.45, 7) is 6.75. The molecular weight excluding hydrogens is 340 g/mol. The highest BCUT2D eigenvalue weighted by Crippen LogP contribution is 2.26. The maximum atomic E-state index is 12.3. The van der Waals surface area contributed by atoms with Crippen molar-refractivity contribution < 1.29 is 4.79 Å². The van der Waals surface area contributed by atoms with E-state index in [4.69, 9.17) is 11.1 Å². The quantitative estimate of drug-likeness (QED) is 0.667. The van der Waals surface area contributed by atoms with Crippen LogP contribution in [0, 0.1) is 5.41 Å². The number of rotatable bonds is 4. The summed E-state index contributed by atoms with van der Waals surface area (Å²) in [6, 6.07) is 11.1. The summed E-state index contributed by atoms with van der Waals surface area (Å²) in [7, 11) is 0. The Balaban J connectivity index is 1.73. The first-order chi connectivity index (χ1) is 12.9. The first-order valence-electron chi connectivity index (χ1n) is 9.14. The molecule has 1 atom stereocenters. The number of fused-ring (bicyclic) bond motifs is 1. The molecule has 5 N–H and O–H groups in total. The molecule has 0 fully saturated rings. The number of urea groups is 1. The third kappa shape index (κ3) is 4.02. The van der Waals surface area contributed by atoms with E-state index in [1.54, 1.807) is 6.07 Å². The standard InChI is InChI=1S/C20H26N6O/c1-12(2)26-10-9-16-18(19(26)22)15(21)11-17(24-16)25-20(27)23-13(3)14-7-5-4-6-8-14/h4-8,11-13,22H,9-10H2,1-3H3,(H4,21,23,24,25,27). The van der Waals surface area contributed by atoms with E-state index in [1.165, 1.54) is 0 Å². The minimum atomic E-state index is -0.340. The number of hydrogen-bond acceptors (Lipinski definition) is 4. The maximum Gasteiger partial charge on any atom is 0.320 e. The Hall–Kier alpha value is -3.09. The second-order valence-electron chi connectivity index (χ2n) is 7.03. The lowest BCUT2D eigenvalue weighted by Crippen LogP contribution is -2.43. The van der Waals surface area contributed by atoms with Crippen molar-refractivity contribution in [2.75, 3.05) is 17.6 Å². The smallest absolute Gasteiger partial charge is 0.320 e. The van der Waals surface area contributed by atoms with Gasteiger partial charge in [0, 0.05) is 30.8 Å². The third-order valence-electron chi connectivity index (χ3n) is 4.75. The van der Waals surface area contributed by atoms with Crippen molar-refractivity contribution >= 4 is 23.4 Å². The zero-order valence-electron chi connectivity index (χ0n) is 15.9. The average Bonchev–Trinajstić information content (AvgIpc) is 2.61. The van der Waals surface area contributed by atoms with E-state index < -0.39 is 0 Å². The Morgan fingerprint density at radius 1 is 1.26 bits per heavy atom. The van der Waals surface area contributed by atoms with Crippen molar-refractivity contribution in [2.24, 2.45) is 0 Å². The van der Waals surface area contributed by atoms with Gasteiger partial charge in [-0.1, -0.05) is 30.3 Å². The number of nitrogens with two attached hydrogens (primary N) is 1. The highest BCUT2D eigenvalue weighted by molar-refractivity contribution is 6.03. The Bertz CT molecular complexity index is 849. The fraction of sp³-hybridized carbons (Fsp3) is 0.350.